The van der Waals surface area contributed by atoms with Crippen molar-refractivity contribution in [2.75, 3.05) is 56.8 Å². The number of carboxylic acid groups (broad SMARTS) is 2. The average molecular weight is 619 g/mol. The van der Waals surface area contributed by atoms with E-state index in [2.05, 4.69) is 22.8 Å². The molecule has 0 fully saturated rings. The van der Waals surface area contributed by atoms with E-state index in [0.29, 0.717) is 23.6 Å². The van der Waals surface area contributed by atoms with Crippen LogP contribution in [0.15, 0.2) is 12.1 Å². The minimum absolute atomic E-state index is 0.494. The van der Waals surface area contributed by atoms with Crippen LogP contribution in [0.5, 0.6) is 34.5 Å². The number of carbonyl (C=O) groups is 2. The molecule has 0 amide bonds. The Kier molecular flexibility index (Phi) is 14.9. The molecule has 0 bridgehead atoms. The summed E-state index contributed by atoms with van der Waals surface area (Å²) in [7, 11) is 14.0. The largest absolute Gasteiger partial charge is 0.543 e. The van der Waals surface area contributed by atoms with Gasteiger partial charge < -0.3 is 58.9 Å². The summed E-state index contributed by atoms with van der Waals surface area (Å²) in [5, 5.41) is 24.6. The molecule has 0 aliphatic heterocycles. The average Bonchev–Trinajstić information content (AvgIpc) is 3.38. The molecule has 2 N–H and O–H groups in total. The lowest BCUT2D eigenvalue weighted by Crippen LogP contribution is -2.42. The third-order valence-corrected chi connectivity index (χ3v) is 7.93. The van der Waals surface area contributed by atoms with E-state index in [1.807, 2.05) is 14.1 Å². The van der Waals surface area contributed by atoms with Crippen molar-refractivity contribution >= 4 is 11.9 Å². The molecule has 2 aliphatic carbocycles. The van der Waals surface area contributed by atoms with Gasteiger partial charge in [0.2, 0.25) is 11.5 Å². The Labute approximate surface area is 259 Å². The molecule has 0 saturated carbocycles. The molecule has 2 aliphatic rings. The predicted octanol–water partition coefficient (Wildman–Crippen LogP) is 0.845. The van der Waals surface area contributed by atoms with Crippen LogP contribution in [-0.2, 0) is 35.3 Å². The second kappa shape index (κ2) is 18.0. The zero-order valence-electron chi connectivity index (χ0n) is 27.0. The van der Waals surface area contributed by atoms with Gasteiger partial charge in [0.25, 0.3) is 0 Å². The molecule has 0 radical (unpaired) electrons. The SMILES string of the molecule is CNC1CCCc2cc(OC)c(OC)c(OC)c2C1.CNC1CCCc2cc(OC)c(OC)c(OC)c2C1.O=C([O-])C(=O)[O-]. The van der Waals surface area contributed by atoms with Crippen LogP contribution in [0.2, 0.25) is 0 Å². The van der Waals surface area contributed by atoms with E-state index < -0.39 is 11.9 Å². The van der Waals surface area contributed by atoms with Gasteiger partial charge in [-0.05, 0) is 88.7 Å². The summed E-state index contributed by atoms with van der Waals surface area (Å²) >= 11 is 0. The van der Waals surface area contributed by atoms with Crippen LogP contribution in [0.25, 0.3) is 0 Å². The molecule has 0 spiro atoms. The fraction of sp³-hybridized carbons (Fsp3) is 0.562. The molecule has 4 rings (SSSR count). The van der Waals surface area contributed by atoms with Crippen molar-refractivity contribution in [1.29, 1.82) is 0 Å². The lowest BCUT2D eigenvalue weighted by molar-refractivity contribution is -0.345. The van der Waals surface area contributed by atoms with E-state index in [1.54, 1.807) is 42.7 Å². The Hall–Kier alpha value is -3.90. The van der Waals surface area contributed by atoms with E-state index >= 15 is 0 Å². The number of hydrogen-bond donors (Lipinski definition) is 2. The molecule has 0 saturated heterocycles. The third kappa shape index (κ3) is 9.06. The van der Waals surface area contributed by atoms with Gasteiger partial charge in [0.05, 0.1) is 54.6 Å². The Balaban J connectivity index is 0.000000260. The highest BCUT2D eigenvalue weighted by atomic mass is 16.5. The molecule has 0 aromatic heterocycles. The van der Waals surface area contributed by atoms with Crippen molar-refractivity contribution in [3.8, 4) is 34.5 Å². The molecule has 2 aromatic rings. The van der Waals surface area contributed by atoms with E-state index in [4.69, 9.17) is 48.2 Å². The van der Waals surface area contributed by atoms with Crippen molar-refractivity contribution in [3.63, 3.8) is 0 Å². The summed E-state index contributed by atoms with van der Waals surface area (Å²) in [6.45, 7) is 0. The van der Waals surface area contributed by atoms with Crippen LogP contribution < -0.4 is 49.3 Å². The van der Waals surface area contributed by atoms with Crippen molar-refractivity contribution in [1.82, 2.24) is 10.6 Å². The minimum atomic E-state index is -2.19. The third-order valence-electron chi connectivity index (χ3n) is 7.93. The van der Waals surface area contributed by atoms with Gasteiger partial charge in [0.1, 0.15) is 0 Å². The number of hydrogen-bond acceptors (Lipinski definition) is 12. The Morgan fingerprint density at radius 1 is 0.614 bits per heavy atom. The molecular formula is C32H46N2O10-2. The standard InChI is InChI=1S/2C15H23NO3.C2H2O4/c2*1-16-11-7-5-6-10-8-13(17-2)15(19-4)14(18-3)12(10)9-11;3-1(4)2(5)6/h2*8,11,16H,5-7,9H2,1-4H3;(H,3,4)(H,5,6)/p-2. The van der Waals surface area contributed by atoms with Crippen LogP contribution in [-0.4, -0.2) is 80.8 Å². The maximum absolute atomic E-state index is 8.93. The van der Waals surface area contributed by atoms with Gasteiger partial charge in [0.15, 0.2) is 23.0 Å². The first-order chi connectivity index (χ1) is 21.1. The van der Waals surface area contributed by atoms with Crippen LogP contribution in [0, 0.1) is 0 Å². The topological polar surface area (TPSA) is 160 Å². The molecular weight excluding hydrogens is 572 g/mol. The smallest absolute Gasteiger partial charge is 0.203 e. The van der Waals surface area contributed by atoms with E-state index in [1.165, 1.54) is 47.9 Å². The number of fused-ring (bicyclic) bond motifs is 2. The van der Waals surface area contributed by atoms with E-state index in [-0.39, 0.29) is 0 Å². The van der Waals surface area contributed by atoms with Gasteiger partial charge in [-0.15, -0.1) is 0 Å². The van der Waals surface area contributed by atoms with E-state index in [0.717, 1.165) is 48.7 Å². The maximum atomic E-state index is 8.93. The number of rotatable bonds is 8. The van der Waals surface area contributed by atoms with Crippen molar-refractivity contribution in [3.05, 3.63) is 34.4 Å². The second-order valence-electron chi connectivity index (χ2n) is 10.3. The maximum Gasteiger partial charge on any atom is 0.203 e. The zero-order valence-corrected chi connectivity index (χ0v) is 27.0. The molecule has 246 valence electrons. The van der Waals surface area contributed by atoms with Crippen LogP contribution in [0.3, 0.4) is 0 Å². The number of benzene rings is 2. The van der Waals surface area contributed by atoms with Crippen molar-refractivity contribution in [2.24, 2.45) is 0 Å². The molecule has 0 heterocycles. The summed E-state index contributed by atoms with van der Waals surface area (Å²) in [6.07, 6.45) is 8.77. The number of aryl methyl sites for hydroxylation is 2. The minimum Gasteiger partial charge on any atom is -0.543 e. The van der Waals surface area contributed by atoms with Crippen LogP contribution in [0.4, 0.5) is 0 Å². The summed E-state index contributed by atoms with van der Waals surface area (Å²) < 4.78 is 32.9. The Morgan fingerprint density at radius 3 is 1.20 bits per heavy atom. The van der Waals surface area contributed by atoms with Crippen molar-refractivity contribution in [2.45, 2.75) is 63.5 Å². The van der Waals surface area contributed by atoms with Crippen molar-refractivity contribution < 1.29 is 48.2 Å². The summed E-state index contributed by atoms with van der Waals surface area (Å²) in [6, 6.07) is 5.17. The normalized spacial score (nSPS) is 16.9. The first-order valence-electron chi connectivity index (χ1n) is 14.5. The van der Waals surface area contributed by atoms with Gasteiger partial charge in [-0.3, -0.25) is 0 Å². The van der Waals surface area contributed by atoms with Gasteiger partial charge >= 0.3 is 0 Å². The van der Waals surface area contributed by atoms with Gasteiger partial charge in [0, 0.05) is 23.2 Å². The quantitative estimate of drug-likeness (QED) is 0.318. The fourth-order valence-corrected chi connectivity index (χ4v) is 5.69. The number of ether oxygens (including phenoxy) is 6. The first-order valence-corrected chi connectivity index (χ1v) is 14.5. The Morgan fingerprint density at radius 2 is 0.955 bits per heavy atom. The number of methoxy groups -OCH3 is 6. The zero-order chi connectivity index (χ0) is 32.8. The lowest BCUT2D eigenvalue weighted by atomic mass is 9.99. The molecule has 2 unspecified atom stereocenters. The number of aliphatic carboxylic acids is 2. The number of likely N-dealkylation sites (N-methyl/N-ethyl adjacent to an activating group) is 2. The molecule has 44 heavy (non-hydrogen) atoms. The highest BCUT2D eigenvalue weighted by Crippen LogP contribution is 2.45. The highest BCUT2D eigenvalue weighted by Gasteiger charge is 2.26. The molecule has 12 heteroatoms. The summed E-state index contributed by atoms with van der Waals surface area (Å²) in [5.41, 5.74) is 5.12. The first kappa shape index (κ1) is 36.3. The van der Waals surface area contributed by atoms with Gasteiger partial charge in [-0.1, -0.05) is 0 Å². The van der Waals surface area contributed by atoms with Gasteiger partial charge in [-0.25, -0.2) is 0 Å². The second-order valence-corrected chi connectivity index (χ2v) is 10.3. The van der Waals surface area contributed by atoms with Crippen LogP contribution >= 0.6 is 0 Å². The monoisotopic (exact) mass is 618 g/mol. The summed E-state index contributed by atoms with van der Waals surface area (Å²) in [4.78, 5) is 17.9. The summed E-state index contributed by atoms with van der Waals surface area (Å²) in [5.74, 6) is 0.158. The predicted molar refractivity (Wildman–Crippen MR) is 161 cm³/mol. The molecule has 12 nitrogen and oxygen atoms in total. The molecule has 2 atom stereocenters. The number of carboxylic acids is 2. The van der Waals surface area contributed by atoms with Crippen LogP contribution in [0.1, 0.15) is 47.9 Å². The highest BCUT2D eigenvalue weighted by molar-refractivity contribution is 6.25. The molecule has 2 aromatic carbocycles. The number of carbonyl (C=O) groups excluding carboxylic acids is 2. The Bertz CT molecular complexity index is 1160. The lowest BCUT2D eigenvalue weighted by Gasteiger charge is -2.20. The van der Waals surface area contributed by atoms with E-state index in [9.17, 15) is 0 Å². The van der Waals surface area contributed by atoms with Gasteiger partial charge in [-0.2, -0.15) is 0 Å². The number of nitrogens with one attached hydrogen (secondary N) is 2. The fourth-order valence-electron chi connectivity index (χ4n) is 5.69.